The Hall–Kier alpha value is -2.85. The fourth-order valence-electron chi connectivity index (χ4n) is 5.04. The third kappa shape index (κ3) is 5.47. The molecule has 4 aromatic rings. The van der Waals surface area contributed by atoms with Crippen LogP contribution in [0.4, 0.5) is 5.13 Å². The highest BCUT2D eigenvalue weighted by molar-refractivity contribution is 7.89. The van der Waals surface area contributed by atoms with Crippen LogP contribution in [-0.4, -0.2) is 41.7 Å². The van der Waals surface area contributed by atoms with Crippen molar-refractivity contribution in [3.05, 3.63) is 82.6 Å². The summed E-state index contributed by atoms with van der Waals surface area (Å²) in [5.41, 5.74) is 2.95. The Morgan fingerprint density at radius 1 is 1.13 bits per heavy atom. The monoisotopic (exact) mass is 568 g/mol. The molecule has 1 fully saturated rings. The molecule has 1 aliphatic rings. The maximum Gasteiger partial charge on any atom is 0.260 e. The van der Waals surface area contributed by atoms with Crippen LogP contribution in [0.3, 0.4) is 0 Å². The molecule has 0 radical (unpaired) electrons. The summed E-state index contributed by atoms with van der Waals surface area (Å²) in [5.74, 6) is 0.339. The zero-order valence-corrected chi connectivity index (χ0v) is 23.9. The van der Waals surface area contributed by atoms with Crippen LogP contribution in [0.1, 0.15) is 41.8 Å². The lowest BCUT2D eigenvalue weighted by molar-refractivity contribution is 0.0985. The average molecular weight is 569 g/mol. The molecule has 1 saturated heterocycles. The van der Waals surface area contributed by atoms with Gasteiger partial charge in [0, 0.05) is 36.1 Å². The molecule has 0 saturated carbocycles. The van der Waals surface area contributed by atoms with Gasteiger partial charge in [-0.2, -0.15) is 4.31 Å². The number of carbonyl (C=O) groups is 1. The number of aryl methyl sites for hydroxylation is 1. The largest absolute Gasteiger partial charge is 0.279 e. The molecule has 0 aliphatic carbocycles. The highest BCUT2D eigenvalue weighted by Crippen LogP contribution is 2.34. The summed E-state index contributed by atoms with van der Waals surface area (Å²) >= 11 is 7.65. The number of pyridine rings is 1. The molecule has 5 rings (SSSR count). The molecule has 0 bridgehead atoms. The van der Waals surface area contributed by atoms with E-state index in [-0.39, 0.29) is 17.3 Å². The van der Waals surface area contributed by atoms with Crippen LogP contribution < -0.4 is 4.90 Å². The molecule has 0 N–H and O–H groups in total. The highest BCUT2D eigenvalue weighted by atomic mass is 35.5. The molecule has 2 aromatic carbocycles. The van der Waals surface area contributed by atoms with Crippen molar-refractivity contribution in [1.82, 2.24) is 14.3 Å². The van der Waals surface area contributed by atoms with Crippen molar-refractivity contribution in [2.45, 2.75) is 38.6 Å². The maximum atomic E-state index is 13.8. The van der Waals surface area contributed by atoms with Crippen LogP contribution in [0.15, 0.2) is 65.8 Å². The number of anilines is 1. The first-order chi connectivity index (χ1) is 18.1. The predicted octanol–water partition coefficient (Wildman–Crippen LogP) is 6.17. The lowest BCUT2D eigenvalue weighted by Crippen LogP contribution is -2.42. The van der Waals surface area contributed by atoms with Gasteiger partial charge in [0.05, 0.1) is 21.7 Å². The van der Waals surface area contributed by atoms with Gasteiger partial charge in [-0.05, 0) is 78.8 Å². The van der Waals surface area contributed by atoms with Gasteiger partial charge in [0.25, 0.3) is 5.91 Å². The Bertz CT molecular complexity index is 1560. The minimum Gasteiger partial charge on any atom is -0.279 e. The van der Waals surface area contributed by atoms with Crippen LogP contribution in [0.2, 0.25) is 5.02 Å². The second-order valence-corrected chi connectivity index (χ2v) is 13.5. The van der Waals surface area contributed by atoms with E-state index >= 15 is 0 Å². The first-order valence-electron chi connectivity index (χ1n) is 12.5. The molecular weight excluding hydrogens is 540 g/mol. The van der Waals surface area contributed by atoms with Crippen molar-refractivity contribution < 1.29 is 13.2 Å². The summed E-state index contributed by atoms with van der Waals surface area (Å²) in [6.07, 6.45) is 4.41. The van der Waals surface area contributed by atoms with E-state index in [9.17, 15) is 13.2 Å². The molecule has 3 heterocycles. The number of nitrogens with zero attached hydrogens (tertiary/aromatic N) is 4. The molecule has 1 aliphatic heterocycles. The van der Waals surface area contributed by atoms with E-state index in [1.54, 1.807) is 33.7 Å². The lowest BCUT2D eigenvalue weighted by atomic mass is 9.94. The summed E-state index contributed by atoms with van der Waals surface area (Å²) in [6, 6.07) is 13.6. The molecule has 0 spiro atoms. The fourth-order valence-corrected chi connectivity index (χ4v) is 8.13. The van der Waals surface area contributed by atoms with Crippen LogP contribution in [0.25, 0.3) is 10.2 Å². The van der Waals surface area contributed by atoms with Crippen molar-refractivity contribution in [3.8, 4) is 0 Å². The highest BCUT2D eigenvalue weighted by Gasteiger charge is 2.32. The van der Waals surface area contributed by atoms with Gasteiger partial charge in [-0.15, -0.1) is 0 Å². The summed E-state index contributed by atoms with van der Waals surface area (Å²) in [5, 5.41) is 1.15. The standard InChI is InChI=1S/C28H29ClN4O3S2/c1-18-11-19(2)16-32(15-18)38(35,36)24-8-6-22(7-9-24)27(34)33(17-21-5-4-10-30-14-21)28-31-26-20(3)12-23(29)13-25(26)37-28/h4-10,12-14,18-19H,11,15-17H2,1-3H3. The van der Waals surface area contributed by atoms with Gasteiger partial charge in [0.15, 0.2) is 5.13 Å². The number of piperidine rings is 1. The quantitative estimate of drug-likeness (QED) is 0.278. The van der Waals surface area contributed by atoms with E-state index in [0.717, 1.165) is 27.8 Å². The number of fused-ring (bicyclic) bond motifs is 1. The summed E-state index contributed by atoms with van der Waals surface area (Å²) in [7, 11) is -3.64. The van der Waals surface area contributed by atoms with Crippen molar-refractivity contribution in [3.63, 3.8) is 0 Å². The minimum absolute atomic E-state index is 0.194. The van der Waals surface area contributed by atoms with E-state index in [1.165, 1.54) is 23.5 Å². The van der Waals surface area contributed by atoms with E-state index < -0.39 is 10.0 Å². The Labute approximate surface area is 232 Å². The maximum absolute atomic E-state index is 13.8. The summed E-state index contributed by atoms with van der Waals surface area (Å²) < 4.78 is 29.1. The van der Waals surface area contributed by atoms with Crippen molar-refractivity contribution in [1.29, 1.82) is 0 Å². The number of thiazole rings is 1. The van der Waals surface area contributed by atoms with Gasteiger partial charge in [-0.25, -0.2) is 13.4 Å². The SMILES string of the molecule is Cc1cc(Cl)cc2sc(N(Cc3cccnc3)C(=O)c3ccc(S(=O)(=O)N4CC(C)CC(C)C4)cc3)nc12. The third-order valence-corrected chi connectivity index (χ3v) is 9.84. The van der Waals surface area contributed by atoms with Gasteiger partial charge >= 0.3 is 0 Å². The number of aromatic nitrogens is 2. The number of carbonyl (C=O) groups excluding carboxylic acids is 1. The van der Waals surface area contributed by atoms with Crippen molar-refractivity contribution in [2.75, 3.05) is 18.0 Å². The van der Waals surface area contributed by atoms with Gasteiger partial charge in [-0.1, -0.05) is 42.9 Å². The van der Waals surface area contributed by atoms with E-state index in [0.29, 0.717) is 40.6 Å². The number of sulfonamides is 1. The number of halogens is 1. The fraction of sp³-hybridized carbons (Fsp3) is 0.321. The van der Waals surface area contributed by atoms with Crippen LogP contribution in [-0.2, 0) is 16.6 Å². The van der Waals surface area contributed by atoms with Gasteiger partial charge in [0.2, 0.25) is 10.0 Å². The Morgan fingerprint density at radius 3 is 2.50 bits per heavy atom. The number of hydrogen-bond donors (Lipinski definition) is 0. The molecule has 2 aromatic heterocycles. The van der Waals surface area contributed by atoms with Crippen LogP contribution >= 0.6 is 22.9 Å². The van der Waals surface area contributed by atoms with E-state index in [1.807, 2.05) is 31.2 Å². The van der Waals surface area contributed by atoms with Crippen LogP contribution in [0, 0.1) is 18.8 Å². The first kappa shape index (κ1) is 26.7. The van der Waals surface area contributed by atoms with E-state index in [4.69, 9.17) is 16.6 Å². The number of amides is 1. The number of hydrogen-bond acceptors (Lipinski definition) is 6. The lowest BCUT2D eigenvalue weighted by Gasteiger charge is -2.34. The zero-order valence-electron chi connectivity index (χ0n) is 21.5. The molecule has 10 heteroatoms. The zero-order chi connectivity index (χ0) is 27.0. The topological polar surface area (TPSA) is 83.5 Å². The average Bonchev–Trinajstić information content (AvgIpc) is 3.31. The molecule has 2 atom stereocenters. The summed E-state index contributed by atoms with van der Waals surface area (Å²) in [4.78, 5) is 24.6. The Balaban J connectivity index is 1.47. The van der Waals surface area contributed by atoms with Gasteiger partial charge in [0.1, 0.15) is 0 Å². The van der Waals surface area contributed by atoms with Crippen LogP contribution in [0.5, 0.6) is 0 Å². The predicted molar refractivity (Wildman–Crippen MR) is 152 cm³/mol. The first-order valence-corrected chi connectivity index (χ1v) is 15.1. The third-order valence-electron chi connectivity index (χ3n) is 6.75. The Kier molecular flexibility index (Phi) is 7.55. The second kappa shape index (κ2) is 10.7. The smallest absolute Gasteiger partial charge is 0.260 e. The molecule has 38 heavy (non-hydrogen) atoms. The molecule has 7 nitrogen and oxygen atoms in total. The van der Waals surface area contributed by atoms with Gasteiger partial charge < -0.3 is 0 Å². The normalized spacial score (nSPS) is 18.5. The summed E-state index contributed by atoms with van der Waals surface area (Å²) in [6.45, 7) is 7.37. The number of benzene rings is 2. The molecule has 1 amide bonds. The second-order valence-electron chi connectivity index (χ2n) is 10.1. The molecule has 198 valence electrons. The minimum atomic E-state index is -3.64. The van der Waals surface area contributed by atoms with Gasteiger partial charge in [-0.3, -0.25) is 14.7 Å². The molecular formula is C28H29ClN4O3S2. The van der Waals surface area contributed by atoms with Crippen molar-refractivity contribution >= 4 is 54.2 Å². The van der Waals surface area contributed by atoms with Crippen molar-refractivity contribution in [2.24, 2.45) is 11.8 Å². The van der Waals surface area contributed by atoms with E-state index in [2.05, 4.69) is 18.8 Å². The number of rotatable bonds is 6. The molecule has 2 unspecified atom stereocenters. The Morgan fingerprint density at radius 2 is 1.84 bits per heavy atom.